The van der Waals surface area contributed by atoms with Crippen LogP contribution >= 0.6 is 11.8 Å². The topological polar surface area (TPSA) is 12.0 Å². The molecule has 0 bridgehead atoms. The van der Waals surface area contributed by atoms with E-state index in [4.69, 9.17) is 0 Å². The summed E-state index contributed by atoms with van der Waals surface area (Å²) < 4.78 is 0. The molecule has 1 saturated carbocycles. The molecule has 0 spiro atoms. The Morgan fingerprint density at radius 2 is 2.17 bits per heavy atom. The van der Waals surface area contributed by atoms with E-state index < -0.39 is 0 Å². The number of thioether (sulfide) groups is 1. The number of unbranched alkanes of at least 4 members (excludes halogenated alkanes) is 1. The van der Waals surface area contributed by atoms with Crippen molar-refractivity contribution in [1.82, 2.24) is 5.32 Å². The summed E-state index contributed by atoms with van der Waals surface area (Å²) in [7, 11) is 0. The van der Waals surface area contributed by atoms with Crippen molar-refractivity contribution in [2.24, 2.45) is 5.92 Å². The SMILES string of the molecule is CSCCCCNCC1CCC1. The molecule has 0 saturated heterocycles. The van der Waals surface area contributed by atoms with E-state index in [0.717, 1.165) is 5.92 Å². The summed E-state index contributed by atoms with van der Waals surface area (Å²) in [5, 5.41) is 3.54. The third-order valence-electron chi connectivity index (χ3n) is 2.61. The monoisotopic (exact) mass is 187 g/mol. The van der Waals surface area contributed by atoms with Crippen molar-refractivity contribution in [3.05, 3.63) is 0 Å². The molecule has 2 heteroatoms. The highest BCUT2D eigenvalue weighted by Crippen LogP contribution is 2.24. The van der Waals surface area contributed by atoms with E-state index in [-0.39, 0.29) is 0 Å². The summed E-state index contributed by atoms with van der Waals surface area (Å²) in [4.78, 5) is 0. The lowest BCUT2D eigenvalue weighted by Gasteiger charge is -2.25. The van der Waals surface area contributed by atoms with E-state index in [1.54, 1.807) is 0 Å². The third kappa shape index (κ3) is 4.36. The standard InChI is InChI=1S/C10H21NS/c1-12-8-3-2-7-11-9-10-5-4-6-10/h10-11H,2-9H2,1H3. The van der Waals surface area contributed by atoms with Crippen LogP contribution in [0.4, 0.5) is 0 Å². The zero-order valence-electron chi connectivity index (χ0n) is 8.14. The second-order valence-electron chi connectivity index (χ2n) is 3.70. The molecule has 0 radical (unpaired) electrons. The number of hydrogen-bond acceptors (Lipinski definition) is 2. The van der Waals surface area contributed by atoms with Crippen LogP contribution in [0.2, 0.25) is 0 Å². The lowest BCUT2D eigenvalue weighted by atomic mass is 9.85. The van der Waals surface area contributed by atoms with Gasteiger partial charge in [-0.1, -0.05) is 6.42 Å². The fourth-order valence-electron chi connectivity index (χ4n) is 1.50. The average molecular weight is 187 g/mol. The molecule has 1 rings (SSSR count). The molecule has 0 aromatic carbocycles. The molecule has 0 aromatic rings. The third-order valence-corrected chi connectivity index (χ3v) is 3.31. The van der Waals surface area contributed by atoms with Crippen LogP contribution in [0.3, 0.4) is 0 Å². The first-order chi connectivity index (χ1) is 5.93. The maximum Gasteiger partial charge on any atom is -0.00205 e. The molecule has 12 heavy (non-hydrogen) atoms. The molecular weight excluding hydrogens is 166 g/mol. The minimum Gasteiger partial charge on any atom is -0.316 e. The number of nitrogens with one attached hydrogen (secondary N) is 1. The lowest BCUT2D eigenvalue weighted by molar-refractivity contribution is 0.301. The Labute approximate surface area is 80.7 Å². The molecule has 1 fully saturated rings. The Morgan fingerprint density at radius 3 is 2.75 bits per heavy atom. The van der Waals surface area contributed by atoms with Gasteiger partial charge >= 0.3 is 0 Å². The molecule has 1 N–H and O–H groups in total. The molecule has 0 amide bonds. The van der Waals surface area contributed by atoms with Gasteiger partial charge in [-0.2, -0.15) is 11.8 Å². The molecular formula is C10H21NS. The Kier molecular flexibility index (Phi) is 5.88. The van der Waals surface area contributed by atoms with Crippen molar-refractivity contribution in [3.63, 3.8) is 0 Å². The summed E-state index contributed by atoms with van der Waals surface area (Å²) in [6.45, 7) is 2.51. The van der Waals surface area contributed by atoms with E-state index in [0.29, 0.717) is 0 Å². The van der Waals surface area contributed by atoms with Crippen molar-refractivity contribution in [3.8, 4) is 0 Å². The van der Waals surface area contributed by atoms with Crippen LogP contribution in [0.5, 0.6) is 0 Å². The molecule has 0 aromatic heterocycles. The van der Waals surface area contributed by atoms with Crippen LogP contribution in [0.25, 0.3) is 0 Å². The normalized spacial score (nSPS) is 17.8. The van der Waals surface area contributed by atoms with Crippen molar-refractivity contribution in [1.29, 1.82) is 0 Å². The Hall–Kier alpha value is 0.310. The van der Waals surface area contributed by atoms with Crippen LogP contribution in [0.1, 0.15) is 32.1 Å². The van der Waals surface area contributed by atoms with Gasteiger partial charge in [0.2, 0.25) is 0 Å². The van der Waals surface area contributed by atoms with Gasteiger partial charge in [0.25, 0.3) is 0 Å². The van der Waals surface area contributed by atoms with E-state index in [1.165, 1.54) is 50.9 Å². The van der Waals surface area contributed by atoms with Crippen molar-refractivity contribution < 1.29 is 0 Å². The predicted octanol–water partition coefficient (Wildman–Crippen LogP) is 2.52. The van der Waals surface area contributed by atoms with Gasteiger partial charge in [-0.3, -0.25) is 0 Å². The van der Waals surface area contributed by atoms with Crippen LogP contribution in [-0.2, 0) is 0 Å². The van der Waals surface area contributed by atoms with Crippen LogP contribution in [0.15, 0.2) is 0 Å². The predicted molar refractivity (Wildman–Crippen MR) is 57.8 cm³/mol. The quantitative estimate of drug-likeness (QED) is 0.615. The Balaban J connectivity index is 1.70. The molecule has 0 heterocycles. The summed E-state index contributed by atoms with van der Waals surface area (Å²) in [6.07, 6.45) is 9.32. The van der Waals surface area contributed by atoms with E-state index >= 15 is 0 Å². The van der Waals surface area contributed by atoms with Gasteiger partial charge in [-0.25, -0.2) is 0 Å². The lowest BCUT2D eigenvalue weighted by Crippen LogP contribution is -2.27. The van der Waals surface area contributed by atoms with E-state index in [9.17, 15) is 0 Å². The van der Waals surface area contributed by atoms with Gasteiger partial charge in [0.15, 0.2) is 0 Å². The molecule has 72 valence electrons. The maximum atomic E-state index is 3.54. The highest BCUT2D eigenvalue weighted by Gasteiger charge is 2.15. The molecule has 0 atom stereocenters. The summed E-state index contributed by atoms with van der Waals surface area (Å²) >= 11 is 1.95. The van der Waals surface area contributed by atoms with Crippen LogP contribution in [-0.4, -0.2) is 25.1 Å². The first-order valence-electron chi connectivity index (χ1n) is 5.13. The van der Waals surface area contributed by atoms with E-state index in [2.05, 4.69) is 11.6 Å². The van der Waals surface area contributed by atoms with Crippen LogP contribution < -0.4 is 5.32 Å². The minimum atomic E-state index is 1.02. The van der Waals surface area contributed by atoms with Crippen molar-refractivity contribution in [2.45, 2.75) is 32.1 Å². The molecule has 1 nitrogen and oxygen atoms in total. The summed E-state index contributed by atoms with van der Waals surface area (Å²) in [6, 6.07) is 0. The van der Waals surface area contributed by atoms with Crippen molar-refractivity contribution in [2.75, 3.05) is 25.1 Å². The van der Waals surface area contributed by atoms with Gasteiger partial charge in [-0.05, 0) is 56.7 Å². The van der Waals surface area contributed by atoms with Gasteiger partial charge in [0.05, 0.1) is 0 Å². The van der Waals surface area contributed by atoms with E-state index in [1.807, 2.05) is 11.8 Å². The summed E-state index contributed by atoms with van der Waals surface area (Å²) in [5.74, 6) is 2.34. The first-order valence-corrected chi connectivity index (χ1v) is 6.52. The minimum absolute atomic E-state index is 1.02. The average Bonchev–Trinajstić information content (AvgIpc) is 2.00. The maximum absolute atomic E-state index is 3.54. The number of hydrogen-bond donors (Lipinski definition) is 1. The second-order valence-corrected chi connectivity index (χ2v) is 4.69. The van der Waals surface area contributed by atoms with Gasteiger partial charge in [0, 0.05) is 0 Å². The van der Waals surface area contributed by atoms with Gasteiger partial charge in [-0.15, -0.1) is 0 Å². The zero-order chi connectivity index (χ0) is 8.65. The largest absolute Gasteiger partial charge is 0.316 e. The highest BCUT2D eigenvalue weighted by molar-refractivity contribution is 7.98. The highest BCUT2D eigenvalue weighted by atomic mass is 32.2. The smallest absolute Gasteiger partial charge is 0.00205 e. The van der Waals surface area contributed by atoms with Gasteiger partial charge in [0.1, 0.15) is 0 Å². The molecule has 0 unspecified atom stereocenters. The molecule has 1 aliphatic rings. The molecule has 0 aliphatic heterocycles. The van der Waals surface area contributed by atoms with Gasteiger partial charge < -0.3 is 5.32 Å². The fourth-order valence-corrected chi connectivity index (χ4v) is 1.99. The number of rotatable bonds is 7. The van der Waals surface area contributed by atoms with Crippen LogP contribution in [0, 0.1) is 5.92 Å². The Bertz CT molecular complexity index is 102. The second kappa shape index (κ2) is 6.79. The zero-order valence-corrected chi connectivity index (χ0v) is 8.96. The molecule has 1 aliphatic carbocycles. The first kappa shape index (κ1) is 10.4. The van der Waals surface area contributed by atoms with Crippen molar-refractivity contribution >= 4 is 11.8 Å². The fraction of sp³-hybridized carbons (Fsp3) is 1.00. The Morgan fingerprint density at radius 1 is 1.33 bits per heavy atom. The summed E-state index contributed by atoms with van der Waals surface area (Å²) in [5.41, 5.74) is 0.